The van der Waals surface area contributed by atoms with Crippen LogP contribution >= 0.6 is 23.5 Å². The zero-order valence-corrected chi connectivity index (χ0v) is 47.9. The Morgan fingerprint density at radius 3 is 1.10 bits per heavy atom. The van der Waals surface area contributed by atoms with Gasteiger partial charge in [0.25, 0.3) is 0 Å². The van der Waals surface area contributed by atoms with E-state index in [1.54, 1.807) is 115 Å². The fourth-order valence-corrected chi connectivity index (χ4v) is 11.5. The monoisotopic (exact) mass is 1140 g/mol. The summed E-state index contributed by atoms with van der Waals surface area (Å²) >= 11 is 2.15. The summed E-state index contributed by atoms with van der Waals surface area (Å²) in [7, 11) is -11.2. The average Bonchev–Trinajstić information content (AvgIpc) is 3.64. The Kier molecular flexibility index (Phi) is 23.6. The summed E-state index contributed by atoms with van der Waals surface area (Å²) in [5.74, 6) is -2.16. The van der Waals surface area contributed by atoms with Crippen LogP contribution in [0.2, 0.25) is 0 Å². The quantitative estimate of drug-likeness (QED) is 0.0191. The second kappa shape index (κ2) is 29.3. The molecule has 0 radical (unpaired) electrons. The molecule has 400 valence electrons. The third-order valence-corrected chi connectivity index (χ3v) is 16.9. The van der Waals surface area contributed by atoms with Crippen LogP contribution in [0.4, 0.5) is 17.6 Å². The Balaban J connectivity index is 0.000000236. The van der Waals surface area contributed by atoms with Crippen LogP contribution in [0.5, 0.6) is 0 Å². The van der Waals surface area contributed by atoms with E-state index < -0.39 is 60.4 Å². The third kappa shape index (κ3) is 16.8. The van der Waals surface area contributed by atoms with Crippen molar-refractivity contribution in [2.75, 3.05) is 24.7 Å². The van der Waals surface area contributed by atoms with E-state index in [9.17, 15) is 39.8 Å². The Labute approximate surface area is 483 Å². The van der Waals surface area contributed by atoms with Crippen LogP contribution in [0.1, 0.15) is 50.4 Å². The minimum Gasteiger partial charge on any atom is -0.743 e. The summed E-state index contributed by atoms with van der Waals surface area (Å²) in [6, 6.07) is 70.1. The molecule has 0 spiro atoms. The average molecular weight is 1150 g/mol. The molecule has 0 fully saturated rings. The van der Waals surface area contributed by atoms with E-state index in [0.717, 1.165) is 38.9 Å². The number of alkyl halides is 4. The number of hydrogen-bond donors (Lipinski definition) is 0. The molecule has 8 rings (SSSR count). The topological polar surface area (TPSA) is 144 Å². The molecule has 18 heteroatoms. The molecule has 0 N–H and O–H groups in total. The number of sulfone groups is 1. The van der Waals surface area contributed by atoms with Crippen molar-refractivity contribution < 1.29 is 87.6 Å². The van der Waals surface area contributed by atoms with Crippen LogP contribution < -0.4 is 29.6 Å². The first-order chi connectivity index (χ1) is 36.7. The molecule has 0 saturated carbocycles. The standard InChI is InChI=1S/C30H26F2O4S2.C20H18.C10H10F2O5S2.Na/c1-23-17-19-26(20-18-23)30(24-11-5-2-6-12-24,25-13-7-3-8-14-25)38(34,35)29(31,32)22-36-28(33)21-37-27-15-9-4-10-16-27;1-16-12-14-19(15-13-16)20(17-8-4-2-5-9-17)18-10-6-3-7-11-18;11-10(12,19(14,15)16)7-17-9(13)6-18-8-4-2-1-3-5-8;/h2-20H,21-22H2,1H3;2-15,20H,1H3;1-5H,6-7H2,(H,14,15,16);/q;;;+1/p-1. The van der Waals surface area contributed by atoms with Gasteiger partial charge in [0, 0.05) is 15.7 Å². The zero-order valence-electron chi connectivity index (χ0n) is 42.7. The molecule has 0 aliphatic carbocycles. The molecule has 0 atom stereocenters. The van der Waals surface area contributed by atoms with Gasteiger partial charge in [-0.3, -0.25) is 9.59 Å². The number of benzene rings is 8. The summed E-state index contributed by atoms with van der Waals surface area (Å²) in [6.45, 7) is 0.583. The predicted molar refractivity (Wildman–Crippen MR) is 294 cm³/mol. The Hall–Kier alpha value is -6.02. The van der Waals surface area contributed by atoms with E-state index >= 15 is 8.78 Å². The molecule has 8 aromatic rings. The molecule has 78 heavy (non-hydrogen) atoms. The molecular formula is C60H53F4NaO9S4. The molecular weight excluding hydrogens is 1090 g/mol. The van der Waals surface area contributed by atoms with E-state index in [1.165, 1.54) is 46.5 Å². The summed E-state index contributed by atoms with van der Waals surface area (Å²) < 4.78 is 123. The summed E-state index contributed by atoms with van der Waals surface area (Å²) in [5.41, 5.74) is 6.62. The first-order valence-electron chi connectivity index (χ1n) is 23.7. The molecule has 0 saturated heterocycles. The van der Waals surface area contributed by atoms with Gasteiger partial charge in [0.05, 0.1) is 11.5 Å². The van der Waals surface area contributed by atoms with Crippen molar-refractivity contribution in [1.82, 2.24) is 0 Å². The fourth-order valence-electron chi connectivity index (χ4n) is 7.83. The van der Waals surface area contributed by atoms with Gasteiger partial charge < -0.3 is 14.0 Å². The molecule has 0 unspecified atom stereocenters. The normalized spacial score (nSPS) is 11.6. The Morgan fingerprint density at radius 1 is 0.449 bits per heavy atom. The smallest absolute Gasteiger partial charge is 0.743 e. The van der Waals surface area contributed by atoms with Crippen molar-refractivity contribution in [3.05, 3.63) is 275 Å². The maximum absolute atomic E-state index is 15.9. The van der Waals surface area contributed by atoms with Crippen LogP contribution in [-0.4, -0.2) is 68.6 Å². The molecule has 0 heterocycles. The van der Waals surface area contributed by atoms with Crippen LogP contribution in [0.3, 0.4) is 0 Å². The number of ether oxygens (including phenoxy) is 2. The van der Waals surface area contributed by atoms with Gasteiger partial charge in [0.15, 0.2) is 28.1 Å². The van der Waals surface area contributed by atoms with Crippen LogP contribution in [0.25, 0.3) is 0 Å². The van der Waals surface area contributed by atoms with Crippen molar-refractivity contribution in [3.63, 3.8) is 0 Å². The third-order valence-electron chi connectivity index (χ3n) is 11.7. The fraction of sp³-hybridized carbons (Fsp3) is 0.167. The first kappa shape index (κ1) is 62.8. The Morgan fingerprint density at radius 2 is 0.744 bits per heavy atom. The van der Waals surface area contributed by atoms with Crippen molar-refractivity contribution >= 4 is 55.4 Å². The van der Waals surface area contributed by atoms with E-state index in [1.807, 2.05) is 13.0 Å². The second-order valence-corrected chi connectivity index (χ2v) is 23.0. The zero-order chi connectivity index (χ0) is 55.5. The summed E-state index contributed by atoms with van der Waals surface area (Å²) in [5, 5.41) is -9.02. The van der Waals surface area contributed by atoms with Crippen molar-refractivity contribution in [3.8, 4) is 0 Å². The van der Waals surface area contributed by atoms with Gasteiger partial charge in [0.2, 0.25) is 9.84 Å². The number of thioether (sulfide) groups is 2. The number of aryl methyl sites for hydroxylation is 2. The number of carbonyl (C=O) groups is 2. The van der Waals surface area contributed by atoms with Gasteiger partial charge in [-0.1, -0.05) is 217 Å². The maximum Gasteiger partial charge on any atom is 1.00 e. The number of esters is 2. The van der Waals surface area contributed by atoms with Crippen molar-refractivity contribution in [2.24, 2.45) is 0 Å². The Bertz CT molecular complexity index is 3260. The van der Waals surface area contributed by atoms with Crippen LogP contribution in [0, 0.1) is 13.8 Å². The predicted octanol–water partition coefficient (Wildman–Crippen LogP) is 10.3. The molecule has 0 aliphatic heterocycles. The second-order valence-electron chi connectivity index (χ2n) is 17.2. The van der Waals surface area contributed by atoms with Gasteiger partial charge in [-0.2, -0.15) is 17.6 Å². The summed E-state index contributed by atoms with van der Waals surface area (Å²) in [4.78, 5) is 24.9. The van der Waals surface area contributed by atoms with Gasteiger partial charge in [-0.25, -0.2) is 16.8 Å². The number of rotatable bonds is 19. The molecule has 0 aromatic heterocycles. The van der Waals surface area contributed by atoms with Crippen molar-refractivity contribution in [1.29, 1.82) is 0 Å². The van der Waals surface area contributed by atoms with Gasteiger partial charge >= 0.3 is 52.0 Å². The van der Waals surface area contributed by atoms with Crippen LogP contribution in [0.15, 0.2) is 240 Å². The van der Waals surface area contributed by atoms with Gasteiger partial charge in [-0.05, 0) is 71.5 Å². The largest absolute Gasteiger partial charge is 1.00 e. The van der Waals surface area contributed by atoms with Crippen molar-refractivity contribution in [2.45, 2.75) is 44.8 Å². The van der Waals surface area contributed by atoms with Crippen LogP contribution in [-0.2, 0) is 43.8 Å². The molecule has 0 bridgehead atoms. The molecule has 0 aliphatic rings. The molecule has 9 nitrogen and oxygen atoms in total. The number of halogens is 4. The van der Waals surface area contributed by atoms with Gasteiger partial charge in [0.1, 0.15) is 0 Å². The minimum absolute atomic E-state index is 0. The first-order valence-corrected chi connectivity index (χ1v) is 28.6. The van der Waals surface area contributed by atoms with E-state index in [0.29, 0.717) is 5.92 Å². The molecule has 0 amide bonds. The maximum atomic E-state index is 15.9. The number of hydrogen-bond acceptors (Lipinski definition) is 11. The minimum atomic E-state index is -5.83. The molecule has 8 aromatic carbocycles. The van der Waals surface area contributed by atoms with E-state index in [2.05, 4.69) is 96.6 Å². The summed E-state index contributed by atoms with van der Waals surface area (Å²) in [6.07, 6.45) is 0. The van der Waals surface area contributed by atoms with Gasteiger partial charge in [-0.15, -0.1) is 23.5 Å². The van der Waals surface area contributed by atoms with E-state index in [4.69, 9.17) is 4.74 Å². The SMILES string of the molecule is Cc1ccc(C(c2ccccc2)(c2ccccc2)S(=O)(=O)C(F)(F)COC(=O)CSc2ccccc2)cc1.Cc1ccc(C(c2ccccc2)c2ccccc2)cc1.O=C(CSc1ccccc1)OCC(F)(F)S(=O)(=O)[O-].[Na+]. The number of carbonyl (C=O) groups excluding carboxylic acids is 2. The van der Waals surface area contributed by atoms with E-state index in [-0.39, 0.29) is 57.8 Å².